The maximum atomic E-state index is 13.6. The molecule has 0 aliphatic carbocycles. The minimum atomic E-state index is -0.547. The van der Waals surface area contributed by atoms with Crippen molar-refractivity contribution in [3.8, 4) is 5.75 Å². The van der Waals surface area contributed by atoms with Gasteiger partial charge in [-0.05, 0) is 24.3 Å². The molecule has 112 valence electrons. The Morgan fingerprint density at radius 3 is 2.86 bits per heavy atom. The van der Waals surface area contributed by atoms with Crippen LogP contribution in [0.5, 0.6) is 5.75 Å². The van der Waals surface area contributed by atoms with Crippen LogP contribution in [0.2, 0.25) is 5.02 Å². The number of halogens is 2. The van der Waals surface area contributed by atoms with Gasteiger partial charge in [0.2, 0.25) is 0 Å². The summed E-state index contributed by atoms with van der Waals surface area (Å²) in [6.45, 7) is -0.0931. The summed E-state index contributed by atoms with van der Waals surface area (Å²) in [6.07, 6.45) is 1.71. The van der Waals surface area contributed by atoms with Crippen molar-refractivity contribution in [3.63, 3.8) is 0 Å². The third-order valence-corrected chi connectivity index (χ3v) is 3.66. The van der Waals surface area contributed by atoms with Crippen LogP contribution in [0.15, 0.2) is 48.0 Å². The Morgan fingerprint density at radius 2 is 2.05 bits per heavy atom. The molecule has 2 aromatic carbocycles. The van der Waals surface area contributed by atoms with Gasteiger partial charge in [0.05, 0.1) is 10.6 Å². The summed E-state index contributed by atoms with van der Waals surface area (Å²) in [6, 6.07) is 11.7. The molecule has 0 amide bonds. The molecule has 1 aliphatic heterocycles. The minimum Gasteiger partial charge on any atom is -0.488 e. The number of esters is 1. The Morgan fingerprint density at radius 1 is 1.23 bits per heavy atom. The highest BCUT2D eigenvalue weighted by Gasteiger charge is 2.19. The predicted molar refractivity (Wildman–Crippen MR) is 81.1 cm³/mol. The van der Waals surface area contributed by atoms with Crippen LogP contribution in [-0.4, -0.2) is 12.6 Å². The minimum absolute atomic E-state index is 0.126. The Kier molecular flexibility index (Phi) is 4.11. The van der Waals surface area contributed by atoms with E-state index in [1.165, 1.54) is 12.1 Å². The Bertz CT molecular complexity index is 735. The van der Waals surface area contributed by atoms with Gasteiger partial charge >= 0.3 is 5.97 Å². The van der Waals surface area contributed by atoms with Crippen molar-refractivity contribution in [1.29, 1.82) is 0 Å². The largest absolute Gasteiger partial charge is 0.488 e. The van der Waals surface area contributed by atoms with Crippen molar-refractivity contribution in [2.45, 2.75) is 6.61 Å². The standard InChI is InChI=1S/C17H12ClFO3/c18-14-5-3-6-15(19)13(14)10-22-17(20)12-8-11-4-1-2-7-16(11)21-9-12/h1-8H,9-10H2. The normalized spacial score (nSPS) is 12.9. The molecule has 0 unspecified atom stereocenters. The van der Waals surface area contributed by atoms with Gasteiger partial charge < -0.3 is 9.47 Å². The molecule has 0 aromatic heterocycles. The van der Waals surface area contributed by atoms with E-state index in [-0.39, 0.29) is 23.8 Å². The molecule has 0 radical (unpaired) electrons. The van der Waals surface area contributed by atoms with Crippen LogP contribution in [0.1, 0.15) is 11.1 Å². The average Bonchev–Trinajstić information content (AvgIpc) is 2.53. The topological polar surface area (TPSA) is 35.5 Å². The molecule has 0 saturated heterocycles. The number of benzene rings is 2. The highest BCUT2D eigenvalue weighted by atomic mass is 35.5. The second-order valence-corrected chi connectivity index (χ2v) is 5.18. The molecule has 0 spiro atoms. The van der Waals surface area contributed by atoms with Crippen LogP contribution in [-0.2, 0) is 16.1 Å². The smallest absolute Gasteiger partial charge is 0.337 e. The lowest BCUT2D eigenvalue weighted by Crippen LogP contribution is -2.17. The SMILES string of the molecule is O=C(OCc1c(F)cccc1Cl)C1=Cc2ccccc2OC1. The molecule has 0 fully saturated rings. The molecule has 1 aliphatic rings. The van der Waals surface area contributed by atoms with E-state index in [0.717, 1.165) is 11.3 Å². The van der Waals surface area contributed by atoms with Gasteiger partial charge in [-0.3, -0.25) is 0 Å². The molecule has 5 heteroatoms. The highest BCUT2D eigenvalue weighted by Crippen LogP contribution is 2.26. The van der Waals surface area contributed by atoms with Gasteiger partial charge in [-0.2, -0.15) is 0 Å². The number of carbonyl (C=O) groups excluding carboxylic acids is 1. The zero-order chi connectivity index (χ0) is 15.5. The molecule has 1 heterocycles. The molecule has 0 N–H and O–H groups in total. The van der Waals surface area contributed by atoms with Crippen LogP contribution in [0.25, 0.3) is 6.08 Å². The van der Waals surface area contributed by atoms with Gasteiger partial charge in [0.15, 0.2) is 0 Å². The lowest BCUT2D eigenvalue weighted by molar-refractivity contribution is -0.140. The number of ether oxygens (including phenoxy) is 2. The molecular formula is C17H12ClFO3. The van der Waals surface area contributed by atoms with E-state index >= 15 is 0 Å². The summed E-state index contributed by atoms with van der Waals surface area (Å²) in [4.78, 5) is 12.1. The van der Waals surface area contributed by atoms with Crippen molar-refractivity contribution >= 4 is 23.6 Å². The van der Waals surface area contributed by atoms with E-state index in [9.17, 15) is 9.18 Å². The highest BCUT2D eigenvalue weighted by molar-refractivity contribution is 6.31. The zero-order valence-electron chi connectivity index (χ0n) is 11.5. The second-order valence-electron chi connectivity index (χ2n) is 4.77. The predicted octanol–water partition coefficient (Wildman–Crippen LogP) is 4.00. The summed E-state index contributed by atoms with van der Waals surface area (Å²) < 4.78 is 24.2. The summed E-state index contributed by atoms with van der Waals surface area (Å²) in [5.41, 5.74) is 1.35. The first-order chi connectivity index (χ1) is 10.6. The number of carbonyl (C=O) groups is 1. The zero-order valence-corrected chi connectivity index (χ0v) is 12.3. The molecule has 2 aromatic rings. The van der Waals surface area contributed by atoms with Crippen LogP contribution in [0, 0.1) is 5.82 Å². The van der Waals surface area contributed by atoms with Crippen molar-refractivity contribution in [2.24, 2.45) is 0 Å². The first kappa shape index (κ1) is 14.6. The molecule has 22 heavy (non-hydrogen) atoms. The van der Waals surface area contributed by atoms with Crippen molar-refractivity contribution in [2.75, 3.05) is 6.61 Å². The third-order valence-electron chi connectivity index (χ3n) is 3.30. The first-order valence-electron chi connectivity index (χ1n) is 6.67. The summed E-state index contributed by atoms with van der Waals surface area (Å²) in [5.74, 6) is -0.329. The number of para-hydroxylation sites is 1. The van der Waals surface area contributed by atoms with Gasteiger partial charge in [0.25, 0.3) is 0 Å². The maximum Gasteiger partial charge on any atom is 0.337 e. The van der Waals surface area contributed by atoms with E-state index in [4.69, 9.17) is 21.1 Å². The van der Waals surface area contributed by atoms with Crippen molar-refractivity contribution in [3.05, 3.63) is 70.0 Å². The molecule has 3 rings (SSSR count). The second kappa shape index (κ2) is 6.20. The monoisotopic (exact) mass is 318 g/mol. The number of hydrogen-bond acceptors (Lipinski definition) is 3. The summed E-state index contributed by atoms with van der Waals surface area (Å²) >= 11 is 5.90. The Balaban J connectivity index is 1.72. The fourth-order valence-electron chi connectivity index (χ4n) is 2.13. The van der Waals surface area contributed by atoms with Gasteiger partial charge in [0.1, 0.15) is 24.8 Å². The Labute approximate surface area is 131 Å². The van der Waals surface area contributed by atoms with Gasteiger partial charge in [-0.25, -0.2) is 9.18 Å². The van der Waals surface area contributed by atoms with Crippen LogP contribution >= 0.6 is 11.6 Å². The van der Waals surface area contributed by atoms with Gasteiger partial charge in [-0.1, -0.05) is 35.9 Å². The number of fused-ring (bicyclic) bond motifs is 1. The first-order valence-corrected chi connectivity index (χ1v) is 7.05. The lowest BCUT2D eigenvalue weighted by Gasteiger charge is -2.17. The van der Waals surface area contributed by atoms with E-state index in [2.05, 4.69) is 0 Å². The van der Waals surface area contributed by atoms with Crippen molar-refractivity contribution in [1.82, 2.24) is 0 Å². The molecule has 0 bridgehead atoms. The molecular weight excluding hydrogens is 307 g/mol. The van der Waals surface area contributed by atoms with Crippen LogP contribution in [0.3, 0.4) is 0 Å². The fraction of sp³-hybridized carbons (Fsp3) is 0.118. The maximum absolute atomic E-state index is 13.6. The van der Waals surface area contributed by atoms with Crippen LogP contribution in [0.4, 0.5) is 4.39 Å². The molecule has 0 saturated carbocycles. The van der Waals surface area contributed by atoms with Crippen LogP contribution < -0.4 is 4.74 Å². The van der Waals surface area contributed by atoms with Crippen molar-refractivity contribution < 1.29 is 18.7 Å². The van der Waals surface area contributed by atoms with E-state index < -0.39 is 11.8 Å². The lowest BCUT2D eigenvalue weighted by atomic mass is 10.1. The fourth-order valence-corrected chi connectivity index (χ4v) is 2.35. The number of rotatable bonds is 3. The quantitative estimate of drug-likeness (QED) is 0.802. The van der Waals surface area contributed by atoms with E-state index in [1.807, 2.05) is 24.3 Å². The molecule has 0 atom stereocenters. The average molecular weight is 319 g/mol. The molecule has 3 nitrogen and oxygen atoms in total. The van der Waals surface area contributed by atoms with E-state index in [0.29, 0.717) is 5.57 Å². The van der Waals surface area contributed by atoms with Gasteiger partial charge in [-0.15, -0.1) is 0 Å². The summed E-state index contributed by atoms with van der Waals surface area (Å²) in [5, 5.41) is 0.229. The Hall–Kier alpha value is -2.33. The third kappa shape index (κ3) is 2.97. The summed E-state index contributed by atoms with van der Waals surface area (Å²) in [7, 11) is 0. The van der Waals surface area contributed by atoms with E-state index in [1.54, 1.807) is 12.1 Å². The number of hydrogen-bond donors (Lipinski definition) is 0. The van der Waals surface area contributed by atoms with Gasteiger partial charge in [0, 0.05) is 11.1 Å².